The van der Waals surface area contributed by atoms with Crippen molar-refractivity contribution >= 4 is 11.7 Å². The lowest BCUT2D eigenvalue weighted by atomic mass is 10.0. The largest absolute Gasteiger partial charge is 0.497 e. The molecule has 0 radical (unpaired) electrons. The Bertz CT molecular complexity index is 1190. The highest BCUT2D eigenvalue weighted by molar-refractivity contribution is 5.95. The summed E-state index contributed by atoms with van der Waals surface area (Å²) < 4.78 is 16.0. The van der Waals surface area contributed by atoms with Crippen LogP contribution in [0, 0.1) is 13.8 Å². The van der Waals surface area contributed by atoms with E-state index in [4.69, 9.17) is 19.2 Å². The van der Waals surface area contributed by atoms with Gasteiger partial charge in [0.2, 0.25) is 0 Å². The Morgan fingerprint density at radius 1 is 0.833 bits per heavy atom. The molecule has 1 saturated heterocycles. The number of anilines is 1. The Morgan fingerprint density at radius 2 is 1.50 bits per heavy atom. The minimum Gasteiger partial charge on any atom is -0.497 e. The average molecular weight is 491 g/mol. The van der Waals surface area contributed by atoms with Crippen LogP contribution < -0.4 is 19.1 Å². The van der Waals surface area contributed by atoms with Crippen LogP contribution in [0.2, 0.25) is 0 Å². The van der Waals surface area contributed by atoms with Crippen molar-refractivity contribution in [2.45, 2.75) is 26.7 Å². The second-order valence-corrected chi connectivity index (χ2v) is 8.92. The van der Waals surface area contributed by atoms with Crippen molar-refractivity contribution in [3.8, 4) is 17.2 Å². The first-order chi connectivity index (χ1) is 17.4. The van der Waals surface area contributed by atoms with Gasteiger partial charge in [-0.05, 0) is 50.1 Å². The molecule has 0 spiro atoms. The zero-order valence-electron chi connectivity index (χ0n) is 21.7. The van der Waals surface area contributed by atoms with Crippen LogP contribution in [0.25, 0.3) is 0 Å². The molecule has 1 aliphatic heterocycles. The number of hydrogen-bond donors (Lipinski definition) is 0. The van der Waals surface area contributed by atoms with Gasteiger partial charge in [0.25, 0.3) is 5.91 Å². The molecule has 0 aliphatic carbocycles. The van der Waals surface area contributed by atoms with E-state index in [9.17, 15) is 4.79 Å². The van der Waals surface area contributed by atoms with Crippen LogP contribution in [0.3, 0.4) is 0 Å². The van der Waals surface area contributed by atoms with Crippen molar-refractivity contribution in [3.63, 3.8) is 0 Å². The van der Waals surface area contributed by atoms with Gasteiger partial charge in [0.05, 0.1) is 21.3 Å². The minimum absolute atomic E-state index is 0.0254. The molecule has 0 unspecified atom stereocenters. The molecule has 8 nitrogen and oxygen atoms in total. The number of hydrogen-bond acceptors (Lipinski definition) is 7. The SMILES string of the molecule is COc1ccc(Cc2c(C)nc(C)nc2N2CCCN(C(=O)c3cc(OC)cc(OC)c3)CC2)cc1. The van der Waals surface area contributed by atoms with Gasteiger partial charge in [-0.2, -0.15) is 0 Å². The van der Waals surface area contributed by atoms with E-state index in [0.717, 1.165) is 48.0 Å². The van der Waals surface area contributed by atoms with Gasteiger partial charge in [-0.15, -0.1) is 0 Å². The molecule has 1 aliphatic rings. The van der Waals surface area contributed by atoms with Gasteiger partial charge in [0.15, 0.2) is 0 Å². The van der Waals surface area contributed by atoms with Crippen molar-refractivity contribution in [3.05, 3.63) is 70.7 Å². The van der Waals surface area contributed by atoms with Crippen molar-refractivity contribution in [2.24, 2.45) is 0 Å². The molecule has 190 valence electrons. The van der Waals surface area contributed by atoms with Crippen LogP contribution in [0.5, 0.6) is 17.2 Å². The monoisotopic (exact) mass is 490 g/mol. The van der Waals surface area contributed by atoms with Crippen LogP contribution in [-0.2, 0) is 6.42 Å². The van der Waals surface area contributed by atoms with Crippen LogP contribution in [0.15, 0.2) is 42.5 Å². The van der Waals surface area contributed by atoms with Crippen molar-refractivity contribution in [1.29, 1.82) is 0 Å². The average Bonchev–Trinajstić information content (AvgIpc) is 3.16. The molecule has 1 amide bonds. The number of ether oxygens (including phenoxy) is 3. The summed E-state index contributed by atoms with van der Waals surface area (Å²) in [6.45, 7) is 6.75. The molecular formula is C28H34N4O4. The zero-order chi connectivity index (χ0) is 25.7. The van der Waals surface area contributed by atoms with E-state index in [1.807, 2.05) is 30.9 Å². The van der Waals surface area contributed by atoms with Crippen LogP contribution in [0.1, 0.15) is 39.4 Å². The fourth-order valence-corrected chi connectivity index (χ4v) is 4.58. The molecule has 2 heterocycles. The lowest BCUT2D eigenvalue weighted by molar-refractivity contribution is 0.0766. The Morgan fingerprint density at radius 3 is 2.14 bits per heavy atom. The Balaban J connectivity index is 1.55. The third-order valence-corrected chi connectivity index (χ3v) is 6.52. The summed E-state index contributed by atoms with van der Waals surface area (Å²) in [5.74, 6) is 3.72. The van der Waals surface area contributed by atoms with E-state index >= 15 is 0 Å². The fourth-order valence-electron chi connectivity index (χ4n) is 4.58. The van der Waals surface area contributed by atoms with Crippen molar-refractivity contribution < 1.29 is 19.0 Å². The third kappa shape index (κ3) is 5.70. The minimum atomic E-state index is -0.0254. The predicted molar refractivity (Wildman–Crippen MR) is 140 cm³/mol. The molecule has 0 saturated carbocycles. The number of nitrogens with zero attached hydrogens (tertiary/aromatic N) is 4. The highest BCUT2D eigenvalue weighted by Gasteiger charge is 2.24. The third-order valence-electron chi connectivity index (χ3n) is 6.52. The first kappa shape index (κ1) is 25.3. The molecule has 8 heteroatoms. The second kappa shape index (κ2) is 11.3. The van der Waals surface area contributed by atoms with Gasteiger partial charge in [-0.3, -0.25) is 4.79 Å². The first-order valence-electron chi connectivity index (χ1n) is 12.2. The number of aromatic nitrogens is 2. The van der Waals surface area contributed by atoms with E-state index in [2.05, 4.69) is 22.0 Å². The maximum absolute atomic E-state index is 13.4. The van der Waals surface area contributed by atoms with E-state index in [1.165, 1.54) is 5.56 Å². The molecule has 1 fully saturated rings. The number of carbonyl (C=O) groups is 1. The van der Waals surface area contributed by atoms with Crippen molar-refractivity contribution in [2.75, 3.05) is 52.4 Å². The lowest BCUT2D eigenvalue weighted by Crippen LogP contribution is -2.35. The smallest absolute Gasteiger partial charge is 0.254 e. The number of aryl methyl sites for hydroxylation is 2. The molecule has 3 aromatic rings. The molecule has 1 aromatic heterocycles. The maximum atomic E-state index is 13.4. The highest BCUT2D eigenvalue weighted by atomic mass is 16.5. The van der Waals surface area contributed by atoms with E-state index in [1.54, 1.807) is 39.5 Å². The summed E-state index contributed by atoms with van der Waals surface area (Å²) in [5.41, 5.74) is 3.83. The van der Waals surface area contributed by atoms with E-state index in [0.29, 0.717) is 36.7 Å². The summed E-state index contributed by atoms with van der Waals surface area (Å²) >= 11 is 0. The molecule has 4 rings (SSSR count). The molecule has 0 N–H and O–H groups in total. The molecule has 2 aromatic carbocycles. The van der Waals surface area contributed by atoms with E-state index in [-0.39, 0.29) is 5.91 Å². The predicted octanol–water partition coefficient (Wildman–Crippen LogP) is 4.06. The van der Waals surface area contributed by atoms with Crippen LogP contribution in [0.4, 0.5) is 5.82 Å². The first-order valence-corrected chi connectivity index (χ1v) is 12.2. The number of benzene rings is 2. The van der Waals surface area contributed by atoms with Gasteiger partial charge < -0.3 is 24.0 Å². The number of rotatable bonds is 7. The Kier molecular flexibility index (Phi) is 7.93. The summed E-state index contributed by atoms with van der Waals surface area (Å²) in [6, 6.07) is 13.4. The fraction of sp³-hybridized carbons (Fsp3) is 0.393. The van der Waals surface area contributed by atoms with E-state index < -0.39 is 0 Å². The van der Waals surface area contributed by atoms with Gasteiger partial charge in [-0.1, -0.05) is 12.1 Å². The Hall–Kier alpha value is -3.81. The molecule has 0 atom stereocenters. The molecule has 36 heavy (non-hydrogen) atoms. The highest BCUT2D eigenvalue weighted by Crippen LogP contribution is 2.27. The van der Waals surface area contributed by atoms with Gasteiger partial charge >= 0.3 is 0 Å². The maximum Gasteiger partial charge on any atom is 0.254 e. The topological polar surface area (TPSA) is 77.0 Å². The number of amides is 1. The standard InChI is InChI=1S/C28H34N4O4/c1-19-26(15-21-7-9-23(34-3)10-8-21)27(30-20(2)29-19)31-11-6-12-32(14-13-31)28(33)22-16-24(35-4)18-25(17-22)36-5/h7-10,16-18H,6,11-15H2,1-5H3. The molecular weight excluding hydrogens is 456 g/mol. The molecule has 0 bridgehead atoms. The lowest BCUT2D eigenvalue weighted by Gasteiger charge is -2.26. The van der Waals surface area contributed by atoms with Gasteiger partial charge in [-0.25, -0.2) is 9.97 Å². The second-order valence-electron chi connectivity index (χ2n) is 8.92. The summed E-state index contributed by atoms with van der Waals surface area (Å²) in [7, 11) is 4.84. The zero-order valence-corrected chi connectivity index (χ0v) is 21.7. The van der Waals surface area contributed by atoms with Crippen LogP contribution in [-0.4, -0.2) is 68.3 Å². The quantitative estimate of drug-likeness (QED) is 0.494. The van der Waals surface area contributed by atoms with Gasteiger partial charge in [0.1, 0.15) is 28.9 Å². The number of methoxy groups -OCH3 is 3. The summed E-state index contributed by atoms with van der Waals surface area (Å²) in [6.07, 6.45) is 1.57. The van der Waals surface area contributed by atoms with Crippen LogP contribution >= 0.6 is 0 Å². The van der Waals surface area contributed by atoms with Crippen molar-refractivity contribution in [1.82, 2.24) is 14.9 Å². The summed E-state index contributed by atoms with van der Waals surface area (Å²) in [4.78, 5) is 27.1. The Labute approximate surface area is 212 Å². The summed E-state index contributed by atoms with van der Waals surface area (Å²) in [5, 5.41) is 0. The van der Waals surface area contributed by atoms with Gasteiger partial charge in [0, 0.05) is 55.5 Å². The number of carbonyl (C=O) groups excluding carboxylic acids is 1. The normalized spacial score (nSPS) is 13.8.